The maximum atomic E-state index is 13.6. The van der Waals surface area contributed by atoms with E-state index in [-0.39, 0.29) is 24.1 Å². The van der Waals surface area contributed by atoms with Crippen LogP contribution in [0.3, 0.4) is 0 Å². The van der Waals surface area contributed by atoms with Crippen molar-refractivity contribution in [2.45, 2.75) is 39.0 Å². The quantitative estimate of drug-likeness (QED) is 0.189. The van der Waals surface area contributed by atoms with E-state index in [4.69, 9.17) is 9.97 Å². The summed E-state index contributed by atoms with van der Waals surface area (Å²) in [4.78, 5) is 48.0. The lowest BCUT2D eigenvalue weighted by molar-refractivity contribution is 0.0701. The molecule has 6 rings (SSSR count). The number of nitrogens with one attached hydrogen (secondary N) is 2. The highest BCUT2D eigenvalue weighted by atomic mass is 16.2. The summed E-state index contributed by atoms with van der Waals surface area (Å²) in [7, 11) is 1.90. The number of hydrogen-bond acceptors (Lipinski definition) is 7. The van der Waals surface area contributed by atoms with Gasteiger partial charge in [0.1, 0.15) is 11.0 Å². The molecule has 2 unspecified atom stereocenters. The maximum Gasteiger partial charge on any atom is 0.254 e. The first-order chi connectivity index (χ1) is 20.5. The van der Waals surface area contributed by atoms with E-state index in [2.05, 4.69) is 20.6 Å². The van der Waals surface area contributed by atoms with Crippen molar-refractivity contribution in [3.63, 3.8) is 0 Å². The summed E-state index contributed by atoms with van der Waals surface area (Å²) in [6.07, 6.45) is 0.560. The Morgan fingerprint density at radius 3 is 1.31 bits per heavy atom. The van der Waals surface area contributed by atoms with E-state index in [0.29, 0.717) is 46.0 Å². The number of rotatable bonds is 8. The Balaban J connectivity index is 1.23. The average Bonchev–Trinajstić information content (AvgIpc) is 3.02. The number of para-hydroxylation sites is 6. The van der Waals surface area contributed by atoms with Crippen LogP contribution in [0, 0.1) is 0 Å². The lowest BCUT2D eigenvalue weighted by Crippen LogP contribution is -2.55. The van der Waals surface area contributed by atoms with Crippen molar-refractivity contribution in [2.75, 3.05) is 7.05 Å². The first kappa shape index (κ1) is 27.2. The van der Waals surface area contributed by atoms with Crippen LogP contribution in [0.5, 0.6) is 0 Å². The molecule has 2 aromatic heterocycles. The third-order valence-electron chi connectivity index (χ3n) is 7.58. The molecule has 2 amide bonds. The number of benzene rings is 4. The van der Waals surface area contributed by atoms with Crippen LogP contribution in [0.4, 0.5) is 0 Å². The average molecular weight is 558 g/mol. The molecule has 210 valence electrons. The largest absolute Gasteiger partial charge is 0.336 e. The van der Waals surface area contributed by atoms with Crippen molar-refractivity contribution in [2.24, 2.45) is 0 Å². The number of aromatic nitrogens is 4. The number of hydrogen-bond donors (Lipinski definition) is 2. The Hall–Kier alpha value is -5.02. The zero-order valence-electron chi connectivity index (χ0n) is 23.7. The van der Waals surface area contributed by atoms with Gasteiger partial charge < -0.3 is 10.6 Å². The van der Waals surface area contributed by atoms with Gasteiger partial charge >= 0.3 is 0 Å². The van der Waals surface area contributed by atoms with Crippen molar-refractivity contribution in [1.29, 1.82) is 0 Å². The minimum absolute atomic E-state index is 0.249. The van der Waals surface area contributed by atoms with E-state index in [1.807, 2.05) is 98.6 Å². The van der Waals surface area contributed by atoms with Gasteiger partial charge in [0.05, 0.1) is 56.6 Å². The monoisotopic (exact) mass is 557 g/mol. The van der Waals surface area contributed by atoms with Gasteiger partial charge in [-0.1, -0.05) is 50.2 Å². The zero-order valence-corrected chi connectivity index (χ0v) is 23.7. The molecule has 42 heavy (non-hydrogen) atoms. The van der Waals surface area contributed by atoms with E-state index in [1.165, 1.54) is 0 Å². The topological polar surface area (TPSA) is 113 Å². The van der Waals surface area contributed by atoms with Crippen LogP contribution in [-0.4, -0.2) is 56.0 Å². The van der Waals surface area contributed by atoms with Crippen molar-refractivity contribution < 1.29 is 9.59 Å². The summed E-state index contributed by atoms with van der Waals surface area (Å²) >= 11 is 0. The Morgan fingerprint density at radius 2 is 0.929 bits per heavy atom. The molecule has 0 bridgehead atoms. The van der Waals surface area contributed by atoms with Crippen molar-refractivity contribution in [3.05, 3.63) is 96.1 Å². The van der Waals surface area contributed by atoms with Crippen LogP contribution >= 0.6 is 0 Å². The molecule has 2 N–H and O–H groups in total. The van der Waals surface area contributed by atoms with Gasteiger partial charge in [-0.15, -0.1) is 0 Å². The summed E-state index contributed by atoms with van der Waals surface area (Å²) in [6, 6.07) is 26.1. The van der Waals surface area contributed by atoms with Gasteiger partial charge in [-0.2, -0.15) is 0 Å². The Morgan fingerprint density at radius 1 is 0.571 bits per heavy atom. The smallest absolute Gasteiger partial charge is 0.254 e. The van der Waals surface area contributed by atoms with Gasteiger partial charge in [-0.05, 0) is 68.4 Å². The van der Waals surface area contributed by atoms with Crippen molar-refractivity contribution in [1.82, 2.24) is 35.5 Å². The Bertz CT molecular complexity index is 1820. The summed E-state index contributed by atoms with van der Waals surface area (Å²) < 4.78 is 0. The van der Waals surface area contributed by atoms with E-state index in [1.54, 1.807) is 12.1 Å². The lowest BCUT2D eigenvalue weighted by Gasteiger charge is -2.35. The van der Waals surface area contributed by atoms with Gasteiger partial charge in [0.2, 0.25) is 0 Å². The van der Waals surface area contributed by atoms with Crippen LogP contribution in [0.2, 0.25) is 0 Å². The minimum Gasteiger partial charge on any atom is -0.336 e. The third kappa shape index (κ3) is 5.10. The number of nitrogens with zero attached hydrogens (tertiary/aromatic N) is 5. The van der Waals surface area contributed by atoms with Gasteiger partial charge in [-0.25, -0.2) is 19.9 Å². The molecule has 0 saturated heterocycles. The highest BCUT2D eigenvalue weighted by Gasteiger charge is 2.26. The van der Waals surface area contributed by atoms with Gasteiger partial charge in [-0.3, -0.25) is 14.5 Å². The molecule has 0 aliphatic heterocycles. The molecule has 2 heterocycles. The molecule has 2 atom stereocenters. The Kier molecular flexibility index (Phi) is 7.41. The van der Waals surface area contributed by atoms with Crippen molar-refractivity contribution in [3.8, 4) is 0 Å². The van der Waals surface area contributed by atoms with E-state index < -0.39 is 0 Å². The van der Waals surface area contributed by atoms with E-state index in [9.17, 15) is 9.59 Å². The highest BCUT2D eigenvalue weighted by molar-refractivity contribution is 6.07. The number of amides is 2. The SMILES string of the molecule is CCC(NC(=O)c1cccc2nc3ccccc3nc12)N(C)C(CC)NC(=O)c1cccc2nc3ccccc3nc12. The summed E-state index contributed by atoms with van der Waals surface area (Å²) in [5.41, 5.74) is 6.35. The van der Waals surface area contributed by atoms with Crippen LogP contribution < -0.4 is 10.6 Å². The maximum absolute atomic E-state index is 13.6. The molecule has 0 aliphatic rings. The summed E-state index contributed by atoms with van der Waals surface area (Å²) in [5.74, 6) is -0.498. The van der Waals surface area contributed by atoms with Crippen LogP contribution in [-0.2, 0) is 0 Å². The first-order valence-electron chi connectivity index (χ1n) is 14.1. The van der Waals surface area contributed by atoms with Gasteiger partial charge in [0.25, 0.3) is 11.8 Å². The van der Waals surface area contributed by atoms with Crippen molar-refractivity contribution >= 4 is 55.9 Å². The second-order valence-electron chi connectivity index (χ2n) is 10.2. The molecule has 0 fully saturated rings. The molecule has 6 aromatic rings. The molecule has 4 aromatic carbocycles. The molecule has 9 heteroatoms. The predicted octanol–water partition coefficient (Wildman–Crippen LogP) is 5.44. The molecule has 0 spiro atoms. The van der Waals surface area contributed by atoms with Gasteiger partial charge in [0.15, 0.2) is 0 Å². The first-order valence-corrected chi connectivity index (χ1v) is 14.1. The second-order valence-corrected chi connectivity index (χ2v) is 10.2. The Labute approximate surface area is 243 Å². The molecule has 9 nitrogen and oxygen atoms in total. The molecule has 0 saturated carbocycles. The predicted molar refractivity (Wildman–Crippen MR) is 165 cm³/mol. The van der Waals surface area contributed by atoms with Crippen LogP contribution in [0.1, 0.15) is 47.4 Å². The molecule has 0 radical (unpaired) electrons. The fourth-order valence-corrected chi connectivity index (χ4v) is 5.31. The standard InChI is InChI=1S/C33H31N7O2/c1-4-28(38-32(41)20-12-10-18-26-30(20)36-24-16-8-6-14-22(24)34-26)40(3)29(5-2)39-33(42)21-13-11-19-27-31(21)37-25-17-9-7-15-23(25)35-27/h6-19,28-29H,4-5H2,1-3H3,(H,38,41)(H,39,42). The molecule has 0 aliphatic carbocycles. The van der Waals surface area contributed by atoms with Crippen LogP contribution in [0.25, 0.3) is 44.1 Å². The summed E-state index contributed by atoms with van der Waals surface area (Å²) in [6.45, 7) is 4.00. The molecular weight excluding hydrogens is 526 g/mol. The summed E-state index contributed by atoms with van der Waals surface area (Å²) in [5, 5.41) is 6.29. The van der Waals surface area contributed by atoms with E-state index in [0.717, 1.165) is 22.1 Å². The second kappa shape index (κ2) is 11.5. The number of carbonyl (C=O) groups excluding carboxylic acids is 2. The van der Waals surface area contributed by atoms with Gasteiger partial charge in [0, 0.05) is 0 Å². The lowest BCUT2D eigenvalue weighted by atomic mass is 10.1. The van der Waals surface area contributed by atoms with E-state index >= 15 is 0 Å². The highest BCUT2D eigenvalue weighted by Crippen LogP contribution is 2.22. The zero-order chi connectivity index (χ0) is 29.2. The number of carbonyl (C=O) groups is 2. The fourth-order valence-electron chi connectivity index (χ4n) is 5.31. The normalized spacial score (nSPS) is 13.0. The fraction of sp³-hybridized carbons (Fsp3) is 0.212. The minimum atomic E-state index is -0.345. The molecular formula is C33H31N7O2. The number of fused-ring (bicyclic) bond motifs is 4. The third-order valence-corrected chi connectivity index (χ3v) is 7.58. The van der Waals surface area contributed by atoms with Crippen LogP contribution in [0.15, 0.2) is 84.9 Å².